The quantitative estimate of drug-likeness (QED) is 0.829. The minimum atomic E-state index is -0.250. The van der Waals surface area contributed by atoms with E-state index in [1.165, 1.54) is 6.92 Å². The number of Topliss-reactive ketones (excluding diaryl/α,β-unsaturated/α-hetero) is 1. The van der Waals surface area contributed by atoms with Crippen molar-refractivity contribution in [1.82, 2.24) is 15.5 Å². The largest absolute Gasteiger partial charge is 0.348 e. The minimum Gasteiger partial charge on any atom is -0.348 e. The van der Waals surface area contributed by atoms with E-state index in [4.69, 9.17) is 0 Å². The summed E-state index contributed by atoms with van der Waals surface area (Å²) >= 11 is 0. The summed E-state index contributed by atoms with van der Waals surface area (Å²) in [5.74, 6) is 0.295. The van der Waals surface area contributed by atoms with Gasteiger partial charge in [-0.3, -0.25) is 9.59 Å². The van der Waals surface area contributed by atoms with Crippen LogP contribution in [0.4, 0.5) is 11.5 Å². The van der Waals surface area contributed by atoms with Crippen LogP contribution in [-0.2, 0) is 0 Å². The molecular weight excluding hydrogens is 280 g/mol. The maximum atomic E-state index is 11.8. The first-order valence-electron chi connectivity index (χ1n) is 6.98. The lowest BCUT2D eigenvalue weighted by Crippen LogP contribution is -2.30. The third-order valence-corrected chi connectivity index (χ3v) is 2.88. The van der Waals surface area contributed by atoms with Crippen LogP contribution in [-0.4, -0.2) is 27.9 Å². The van der Waals surface area contributed by atoms with Crippen molar-refractivity contribution in [2.45, 2.75) is 26.8 Å². The Morgan fingerprint density at radius 1 is 1.00 bits per heavy atom. The van der Waals surface area contributed by atoms with Crippen LogP contribution in [0.15, 0.2) is 36.4 Å². The standard InChI is InChI=1S/C16H18N4O2/c1-10(2)17-16(22)14-8-9-15(20-19-14)18-13-6-4-12(5-7-13)11(3)21/h4-10H,1-3H3,(H,17,22)(H,18,20). The normalized spacial score (nSPS) is 10.4. The summed E-state index contributed by atoms with van der Waals surface area (Å²) in [7, 11) is 0. The van der Waals surface area contributed by atoms with Gasteiger partial charge in [0.1, 0.15) is 0 Å². The number of hydrogen-bond donors (Lipinski definition) is 2. The number of carbonyl (C=O) groups excluding carboxylic acids is 2. The molecule has 6 nitrogen and oxygen atoms in total. The number of rotatable bonds is 5. The second kappa shape index (κ2) is 6.80. The topological polar surface area (TPSA) is 84.0 Å². The van der Waals surface area contributed by atoms with Crippen LogP contribution >= 0.6 is 0 Å². The maximum absolute atomic E-state index is 11.8. The first-order valence-corrected chi connectivity index (χ1v) is 6.98. The highest BCUT2D eigenvalue weighted by molar-refractivity contribution is 5.94. The van der Waals surface area contributed by atoms with Crippen LogP contribution in [0.3, 0.4) is 0 Å². The van der Waals surface area contributed by atoms with Crippen molar-refractivity contribution in [2.24, 2.45) is 0 Å². The van der Waals surface area contributed by atoms with Crippen molar-refractivity contribution in [3.8, 4) is 0 Å². The van der Waals surface area contributed by atoms with E-state index < -0.39 is 0 Å². The Morgan fingerprint density at radius 2 is 1.68 bits per heavy atom. The van der Waals surface area contributed by atoms with Gasteiger partial charge in [-0.1, -0.05) is 0 Å². The summed E-state index contributed by atoms with van der Waals surface area (Å²) in [5.41, 5.74) is 1.71. The highest BCUT2D eigenvalue weighted by Gasteiger charge is 2.09. The highest BCUT2D eigenvalue weighted by Crippen LogP contribution is 2.15. The molecule has 0 radical (unpaired) electrons. The molecule has 0 aliphatic heterocycles. The second-order valence-electron chi connectivity index (χ2n) is 5.19. The van der Waals surface area contributed by atoms with E-state index in [9.17, 15) is 9.59 Å². The molecule has 2 aromatic rings. The number of anilines is 2. The van der Waals surface area contributed by atoms with Gasteiger partial charge in [0.2, 0.25) is 0 Å². The Bertz CT molecular complexity index is 664. The molecule has 22 heavy (non-hydrogen) atoms. The van der Waals surface area contributed by atoms with Gasteiger partial charge in [0.25, 0.3) is 5.91 Å². The Labute approximate surface area is 129 Å². The fourth-order valence-electron chi connectivity index (χ4n) is 1.79. The van der Waals surface area contributed by atoms with Crippen molar-refractivity contribution in [1.29, 1.82) is 0 Å². The van der Waals surface area contributed by atoms with Crippen LogP contribution in [0.2, 0.25) is 0 Å². The number of ketones is 1. The van der Waals surface area contributed by atoms with Crippen molar-refractivity contribution in [2.75, 3.05) is 5.32 Å². The average Bonchev–Trinajstić information content (AvgIpc) is 2.48. The Kier molecular flexibility index (Phi) is 4.83. The summed E-state index contributed by atoms with van der Waals surface area (Å²) in [6, 6.07) is 10.4. The predicted molar refractivity (Wildman–Crippen MR) is 84.4 cm³/mol. The lowest BCUT2D eigenvalue weighted by Gasteiger charge is -2.08. The molecule has 1 heterocycles. The average molecular weight is 298 g/mol. The van der Waals surface area contributed by atoms with E-state index in [2.05, 4.69) is 20.8 Å². The van der Waals surface area contributed by atoms with Gasteiger partial charge in [-0.15, -0.1) is 10.2 Å². The van der Waals surface area contributed by atoms with Gasteiger partial charge in [-0.2, -0.15) is 0 Å². The van der Waals surface area contributed by atoms with Crippen molar-refractivity contribution in [3.63, 3.8) is 0 Å². The molecule has 1 aromatic carbocycles. The number of nitrogens with zero attached hydrogens (tertiary/aromatic N) is 2. The molecule has 0 spiro atoms. The Hall–Kier alpha value is -2.76. The van der Waals surface area contributed by atoms with Gasteiger partial charge < -0.3 is 10.6 Å². The van der Waals surface area contributed by atoms with Crippen molar-refractivity contribution in [3.05, 3.63) is 47.7 Å². The van der Waals surface area contributed by atoms with E-state index in [0.717, 1.165) is 5.69 Å². The zero-order valence-corrected chi connectivity index (χ0v) is 12.8. The molecular formula is C16H18N4O2. The van der Waals surface area contributed by atoms with E-state index >= 15 is 0 Å². The molecule has 0 unspecified atom stereocenters. The Morgan fingerprint density at radius 3 is 2.18 bits per heavy atom. The van der Waals surface area contributed by atoms with E-state index in [1.54, 1.807) is 36.4 Å². The first kappa shape index (κ1) is 15.6. The van der Waals surface area contributed by atoms with Gasteiger partial charge in [0.05, 0.1) is 0 Å². The van der Waals surface area contributed by atoms with Crippen LogP contribution in [0.25, 0.3) is 0 Å². The van der Waals surface area contributed by atoms with Gasteiger partial charge in [-0.25, -0.2) is 0 Å². The van der Waals surface area contributed by atoms with Crippen molar-refractivity contribution < 1.29 is 9.59 Å². The number of benzene rings is 1. The number of carbonyl (C=O) groups is 2. The lowest BCUT2D eigenvalue weighted by molar-refractivity contribution is 0.0936. The number of amides is 1. The zero-order valence-electron chi connectivity index (χ0n) is 12.8. The minimum absolute atomic E-state index is 0.0202. The molecule has 114 valence electrons. The van der Waals surface area contributed by atoms with E-state index in [0.29, 0.717) is 11.4 Å². The molecule has 0 fully saturated rings. The molecule has 2 rings (SSSR count). The fourth-order valence-corrected chi connectivity index (χ4v) is 1.79. The molecule has 0 saturated heterocycles. The van der Waals surface area contributed by atoms with E-state index in [-0.39, 0.29) is 23.4 Å². The van der Waals surface area contributed by atoms with Gasteiger partial charge in [0.15, 0.2) is 17.3 Å². The highest BCUT2D eigenvalue weighted by atomic mass is 16.2. The van der Waals surface area contributed by atoms with Crippen LogP contribution in [0, 0.1) is 0 Å². The van der Waals surface area contributed by atoms with Gasteiger partial charge in [0, 0.05) is 17.3 Å². The molecule has 0 atom stereocenters. The summed E-state index contributed by atoms with van der Waals surface area (Å²) in [5, 5.41) is 13.7. The Balaban J connectivity index is 2.04. The molecule has 1 aromatic heterocycles. The number of hydrogen-bond acceptors (Lipinski definition) is 5. The van der Waals surface area contributed by atoms with Crippen LogP contribution < -0.4 is 10.6 Å². The van der Waals surface area contributed by atoms with E-state index in [1.807, 2.05) is 13.8 Å². The molecule has 2 N–H and O–H groups in total. The summed E-state index contributed by atoms with van der Waals surface area (Å²) in [6.45, 7) is 5.28. The fraction of sp³-hybridized carbons (Fsp3) is 0.250. The number of aromatic nitrogens is 2. The van der Waals surface area contributed by atoms with Crippen LogP contribution in [0.1, 0.15) is 41.6 Å². The van der Waals surface area contributed by atoms with Crippen molar-refractivity contribution >= 4 is 23.2 Å². The monoisotopic (exact) mass is 298 g/mol. The third-order valence-electron chi connectivity index (χ3n) is 2.88. The molecule has 6 heteroatoms. The molecule has 0 bridgehead atoms. The molecule has 0 aliphatic rings. The zero-order chi connectivity index (χ0) is 16.1. The van der Waals surface area contributed by atoms with Gasteiger partial charge >= 0.3 is 0 Å². The second-order valence-corrected chi connectivity index (χ2v) is 5.19. The summed E-state index contributed by atoms with van der Waals surface area (Å²) in [4.78, 5) is 23.0. The predicted octanol–water partition coefficient (Wildman–Crippen LogP) is 2.56. The third kappa shape index (κ3) is 4.12. The molecule has 0 saturated carbocycles. The molecule has 0 aliphatic carbocycles. The molecule has 1 amide bonds. The lowest BCUT2D eigenvalue weighted by atomic mass is 10.1. The summed E-state index contributed by atoms with van der Waals surface area (Å²) < 4.78 is 0. The van der Waals surface area contributed by atoms with Crippen LogP contribution in [0.5, 0.6) is 0 Å². The SMILES string of the molecule is CC(=O)c1ccc(Nc2ccc(C(=O)NC(C)C)nn2)cc1. The smallest absolute Gasteiger partial charge is 0.271 e. The summed E-state index contributed by atoms with van der Waals surface area (Å²) in [6.07, 6.45) is 0. The first-order chi connectivity index (χ1) is 10.5. The maximum Gasteiger partial charge on any atom is 0.271 e. The van der Waals surface area contributed by atoms with Gasteiger partial charge in [-0.05, 0) is 57.2 Å². The number of nitrogens with one attached hydrogen (secondary N) is 2.